The van der Waals surface area contributed by atoms with Gasteiger partial charge in [-0.1, -0.05) is 46.8 Å². The van der Waals surface area contributed by atoms with Gasteiger partial charge in [0.2, 0.25) is 0 Å². The molecule has 5 fully saturated rings. The van der Waals surface area contributed by atoms with Gasteiger partial charge in [-0.2, -0.15) is 0 Å². The summed E-state index contributed by atoms with van der Waals surface area (Å²) in [6, 6.07) is 0. The summed E-state index contributed by atoms with van der Waals surface area (Å²) in [6.07, 6.45) is 12.8. The lowest BCUT2D eigenvalue weighted by molar-refractivity contribution is -0.249. The number of hydrogen-bond acceptors (Lipinski definition) is 4. The quantitative estimate of drug-likeness (QED) is 0.219. The number of aliphatic hydroxyl groups excluding tert-OH is 1. The van der Waals surface area contributed by atoms with Crippen LogP contribution in [0.2, 0.25) is 0 Å². The first-order valence-electron chi connectivity index (χ1n) is 15.9. The molecule has 5 aliphatic carbocycles. The van der Waals surface area contributed by atoms with Crippen LogP contribution in [-0.2, 0) is 9.53 Å². The van der Waals surface area contributed by atoms with Crippen molar-refractivity contribution in [1.29, 1.82) is 0 Å². The zero-order valence-corrected chi connectivity index (χ0v) is 25.6. The van der Waals surface area contributed by atoms with Crippen LogP contribution in [0.25, 0.3) is 0 Å². The fourth-order valence-corrected chi connectivity index (χ4v) is 12.4. The molecule has 0 spiro atoms. The number of aliphatic hydroxyl groups is 1. The lowest BCUT2D eigenvalue weighted by atomic mass is 9.32. The molecule has 0 saturated heterocycles. The maximum atomic E-state index is 11.9. The lowest BCUT2D eigenvalue weighted by Crippen LogP contribution is -2.67. The Hall–Kier alpha value is -0.870. The zero-order valence-electron chi connectivity index (χ0n) is 25.6. The number of hydrogen-bond donors (Lipinski definition) is 2. The normalized spacial score (nSPS) is 49.3. The highest BCUT2D eigenvalue weighted by Crippen LogP contribution is 2.77. The summed E-state index contributed by atoms with van der Waals surface area (Å²) in [4.78, 5) is 11.9. The molecule has 4 heteroatoms. The standard InChI is InChI=1S/C34H57NO3/c1-22(2)24-11-16-34(21-35-19-20-36)18-17-32(7)25(29(24)34)9-10-27-31(6)14-13-28(38-23(3)37)30(4,5)26(31)12-15-33(27,32)8/h24-29,35-36H,1,9-21H2,2-8H3/t24-,25+,26-,27?,28-,29+,31-,32+,33+,34+/m0/s1. The topological polar surface area (TPSA) is 58.6 Å². The van der Waals surface area contributed by atoms with Crippen LogP contribution < -0.4 is 5.32 Å². The Kier molecular flexibility index (Phi) is 7.24. The number of carbonyl (C=O) groups excluding carboxylic acids is 1. The maximum absolute atomic E-state index is 11.9. The third-order valence-corrected chi connectivity index (χ3v) is 14.3. The van der Waals surface area contributed by atoms with Gasteiger partial charge in [-0.3, -0.25) is 4.79 Å². The van der Waals surface area contributed by atoms with Crippen molar-refractivity contribution >= 4 is 5.97 Å². The van der Waals surface area contributed by atoms with Crippen molar-refractivity contribution < 1.29 is 14.6 Å². The summed E-state index contributed by atoms with van der Waals surface area (Å²) < 4.78 is 5.93. The molecule has 0 heterocycles. The predicted octanol–water partition coefficient (Wildman–Crippen LogP) is 7.16. The summed E-state index contributed by atoms with van der Waals surface area (Å²) in [6.45, 7) is 23.2. The van der Waals surface area contributed by atoms with E-state index in [1.807, 2.05) is 0 Å². The first-order chi connectivity index (χ1) is 17.8. The van der Waals surface area contributed by atoms with Crippen molar-refractivity contribution in [3.63, 3.8) is 0 Å². The fourth-order valence-electron chi connectivity index (χ4n) is 12.4. The molecule has 4 nitrogen and oxygen atoms in total. The Bertz CT molecular complexity index is 944. The fraction of sp³-hybridized carbons (Fsp3) is 0.912. The van der Waals surface area contributed by atoms with E-state index in [0.717, 1.165) is 24.8 Å². The molecule has 0 aliphatic heterocycles. The number of ether oxygens (including phenoxy) is 1. The van der Waals surface area contributed by atoms with Gasteiger partial charge in [0.1, 0.15) is 6.10 Å². The van der Waals surface area contributed by atoms with Crippen LogP contribution in [0.15, 0.2) is 12.2 Å². The van der Waals surface area contributed by atoms with Gasteiger partial charge in [0, 0.05) is 25.4 Å². The Labute approximate surface area is 233 Å². The van der Waals surface area contributed by atoms with Crippen LogP contribution in [0.1, 0.15) is 113 Å². The predicted molar refractivity (Wildman–Crippen MR) is 154 cm³/mol. The van der Waals surface area contributed by atoms with E-state index < -0.39 is 0 Å². The van der Waals surface area contributed by atoms with E-state index in [4.69, 9.17) is 4.74 Å². The van der Waals surface area contributed by atoms with Gasteiger partial charge in [-0.25, -0.2) is 0 Å². The van der Waals surface area contributed by atoms with Crippen LogP contribution in [0.4, 0.5) is 0 Å². The van der Waals surface area contributed by atoms with Crippen LogP contribution in [0.3, 0.4) is 0 Å². The van der Waals surface area contributed by atoms with Crippen molar-refractivity contribution in [1.82, 2.24) is 5.32 Å². The summed E-state index contributed by atoms with van der Waals surface area (Å²) in [5, 5.41) is 13.1. The van der Waals surface area contributed by atoms with Crippen LogP contribution >= 0.6 is 0 Å². The molecular formula is C34H57NO3. The Morgan fingerprint density at radius 2 is 1.63 bits per heavy atom. The molecule has 5 saturated carbocycles. The van der Waals surface area contributed by atoms with E-state index in [2.05, 4.69) is 53.4 Å². The molecule has 0 amide bonds. The van der Waals surface area contributed by atoms with Gasteiger partial charge in [-0.05, 0) is 122 Å². The van der Waals surface area contributed by atoms with E-state index in [9.17, 15) is 9.90 Å². The summed E-state index contributed by atoms with van der Waals surface area (Å²) in [7, 11) is 0. The number of allylic oxidation sites excluding steroid dienone is 1. The minimum atomic E-state index is -0.122. The van der Waals surface area contributed by atoms with E-state index in [0.29, 0.717) is 46.0 Å². The van der Waals surface area contributed by atoms with Gasteiger partial charge >= 0.3 is 5.97 Å². The second-order valence-corrected chi connectivity index (χ2v) is 15.9. The molecular weight excluding hydrogens is 470 g/mol. The highest BCUT2D eigenvalue weighted by Gasteiger charge is 2.71. The number of nitrogens with one attached hydrogen (secondary N) is 1. The average Bonchev–Trinajstić information content (AvgIpc) is 3.21. The van der Waals surface area contributed by atoms with Crippen molar-refractivity contribution in [3.8, 4) is 0 Å². The molecule has 10 atom stereocenters. The van der Waals surface area contributed by atoms with Crippen molar-refractivity contribution in [2.75, 3.05) is 19.7 Å². The average molecular weight is 528 g/mol. The zero-order chi connectivity index (χ0) is 27.7. The third kappa shape index (κ3) is 3.92. The van der Waals surface area contributed by atoms with Gasteiger partial charge < -0.3 is 15.2 Å². The second kappa shape index (κ2) is 9.61. The minimum Gasteiger partial charge on any atom is -0.462 e. The second-order valence-electron chi connectivity index (χ2n) is 15.9. The molecule has 0 aromatic rings. The van der Waals surface area contributed by atoms with Crippen LogP contribution in [0.5, 0.6) is 0 Å². The number of rotatable bonds is 6. The van der Waals surface area contributed by atoms with Crippen LogP contribution in [-0.4, -0.2) is 36.9 Å². The number of esters is 1. The van der Waals surface area contributed by atoms with Crippen LogP contribution in [0, 0.1) is 56.7 Å². The molecule has 1 unspecified atom stereocenters. The number of fused-ring (bicyclic) bond motifs is 7. The van der Waals surface area contributed by atoms with Gasteiger partial charge in [0.25, 0.3) is 0 Å². The highest BCUT2D eigenvalue weighted by molar-refractivity contribution is 5.66. The molecule has 5 rings (SSSR count). The van der Waals surface area contributed by atoms with Crippen molar-refractivity contribution in [2.45, 2.75) is 119 Å². The summed E-state index contributed by atoms with van der Waals surface area (Å²) >= 11 is 0. The number of carbonyl (C=O) groups is 1. The summed E-state index contributed by atoms with van der Waals surface area (Å²) in [5.74, 6) is 3.32. The largest absolute Gasteiger partial charge is 0.462 e. The molecule has 2 N–H and O–H groups in total. The summed E-state index contributed by atoms with van der Waals surface area (Å²) in [5.41, 5.74) is 2.78. The van der Waals surface area contributed by atoms with E-state index >= 15 is 0 Å². The Morgan fingerprint density at radius 3 is 2.29 bits per heavy atom. The van der Waals surface area contributed by atoms with E-state index in [-0.39, 0.29) is 24.1 Å². The highest BCUT2D eigenvalue weighted by atomic mass is 16.5. The first-order valence-corrected chi connectivity index (χ1v) is 15.9. The molecule has 0 radical (unpaired) electrons. The Morgan fingerprint density at radius 1 is 0.895 bits per heavy atom. The molecule has 216 valence electrons. The van der Waals surface area contributed by atoms with Gasteiger partial charge in [-0.15, -0.1) is 0 Å². The van der Waals surface area contributed by atoms with Crippen molar-refractivity contribution in [3.05, 3.63) is 12.2 Å². The molecule has 0 aromatic heterocycles. The first kappa shape index (κ1) is 28.7. The molecule has 0 aromatic carbocycles. The molecule has 38 heavy (non-hydrogen) atoms. The Balaban J connectivity index is 1.48. The van der Waals surface area contributed by atoms with E-state index in [1.165, 1.54) is 63.4 Å². The SMILES string of the molecule is C=C(C)[C@@H]1CC[C@]2(CNCCO)CC[C@]3(C)[C@H](CCC4[C@@]5(C)CC[C@H](OC(C)=O)C(C)(C)[C@@H]5CC[C@]43C)[C@@H]12. The van der Waals surface area contributed by atoms with Gasteiger partial charge in [0.15, 0.2) is 0 Å². The lowest BCUT2D eigenvalue weighted by Gasteiger charge is -2.73. The van der Waals surface area contributed by atoms with Gasteiger partial charge in [0.05, 0.1) is 6.61 Å². The van der Waals surface area contributed by atoms with E-state index in [1.54, 1.807) is 6.92 Å². The maximum Gasteiger partial charge on any atom is 0.302 e. The minimum absolute atomic E-state index is 0.0222. The van der Waals surface area contributed by atoms with Crippen molar-refractivity contribution in [2.24, 2.45) is 56.7 Å². The smallest absolute Gasteiger partial charge is 0.302 e. The molecule has 0 bridgehead atoms. The monoisotopic (exact) mass is 527 g/mol. The third-order valence-electron chi connectivity index (χ3n) is 14.3. The molecule has 5 aliphatic rings.